The first kappa shape index (κ1) is 24.5. The number of halogens is 2. The Labute approximate surface area is 205 Å². The maximum Gasteiger partial charge on any atom is 0.126 e. The van der Waals surface area contributed by atoms with Crippen molar-refractivity contribution in [2.75, 3.05) is 33.4 Å². The van der Waals surface area contributed by atoms with E-state index in [9.17, 15) is 5.11 Å². The summed E-state index contributed by atoms with van der Waals surface area (Å²) in [5, 5.41) is 11.5. The van der Waals surface area contributed by atoms with Crippen molar-refractivity contribution in [1.82, 2.24) is 9.88 Å². The molecule has 1 aliphatic heterocycles. The van der Waals surface area contributed by atoms with Gasteiger partial charge >= 0.3 is 0 Å². The van der Waals surface area contributed by atoms with Gasteiger partial charge in [-0.05, 0) is 79.6 Å². The summed E-state index contributed by atoms with van der Waals surface area (Å²) in [6, 6.07) is 14.9. The van der Waals surface area contributed by atoms with Crippen molar-refractivity contribution >= 4 is 22.5 Å². The lowest BCUT2D eigenvalue weighted by molar-refractivity contribution is 0.0708. The highest BCUT2D eigenvalue weighted by Crippen LogP contribution is 2.35. The molecule has 1 aliphatic rings. The monoisotopic (exact) mass is 480 g/mol. The predicted octanol–water partition coefficient (Wildman–Crippen LogP) is 5.67. The fraction of sp³-hybridized carbons (Fsp3) is 0.393. The van der Waals surface area contributed by atoms with E-state index in [4.69, 9.17) is 16.3 Å². The first-order valence-corrected chi connectivity index (χ1v) is 12.1. The summed E-state index contributed by atoms with van der Waals surface area (Å²) in [7, 11) is 1.61. The van der Waals surface area contributed by atoms with Gasteiger partial charge in [-0.15, -0.1) is 0 Å². The highest BCUT2D eigenvalue weighted by molar-refractivity contribution is 6.31. The molecule has 0 radical (unpaired) electrons. The molecule has 0 unspecified atom stereocenters. The molecule has 0 aliphatic carbocycles. The molecule has 4 nitrogen and oxygen atoms in total. The second-order valence-electron chi connectivity index (χ2n) is 8.84. The van der Waals surface area contributed by atoms with Crippen LogP contribution < -0.4 is 4.74 Å². The molecule has 2 aromatic carbocycles. The minimum Gasteiger partial charge on any atom is -0.497 e. The Bertz CT molecular complexity index is 1180. The molecule has 2 heterocycles. The molecule has 1 fully saturated rings. The van der Waals surface area contributed by atoms with Gasteiger partial charge in [0.2, 0.25) is 0 Å². The summed E-state index contributed by atoms with van der Waals surface area (Å²) >= 11 is 6.17. The number of ether oxygens (including phenoxy) is 1. The highest BCUT2D eigenvalue weighted by atomic mass is 35.5. The molecule has 4 rings (SSSR count). The summed E-state index contributed by atoms with van der Waals surface area (Å²) in [5.74, 6) is 7.45. The largest absolute Gasteiger partial charge is 0.497 e. The highest BCUT2D eigenvalue weighted by Gasteiger charge is 2.29. The Morgan fingerprint density at radius 1 is 1.24 bits per heavy atom. The Hall–Kier alpha value is -2.65. The molecular formula is C28H30ClFN2O2. The van der Waals surface area contributed by atoms with Gasteiger partial charge in [-0.25, -0.2) is 4.39 Å². The van der Waals surface area contributed by atoms with Crippen LogP contribution >= 0.6 is 11.6 Å². The minimum atomic E-state index is -1.09. The predicted molar refractivity (Wildman–Crippen MR) is 135 cm³/mol. The topological polar surface area (TPSA) is 45.6 Å². The number of pyridine rings is 1. The van der Waals surface area contributed by atoms with E-state index in [1.54, 1.807) is 19.4 Å². The van der Waals surface area contributed by atoms with Gasteiger partial charge in [0.25, 0.3) is 0 Å². The number of alkyl halides is 1. The number of aromatic nitrogens is 1. The van der Waals surface area contributed by atoms with Crippen molar-refractivity contribution in [2.24, 2.45) is 11.8 Å². The zero-order valence-corrected chi connectivity index (χ0v) is 20.1. The summed E-state index contributed by atoms with van der Waals surface area (Å²) < 4.78 is 20.7. The third kappa shape index (κ3) is 5.88. The fourth-order valence-corrected chi connectivity index (χ4v) is 4.94. The van der Waals surface area contributed by atoms with Crippen molar-refractivity contribution in [3.63, 3.8) is 0 Å². The second-order valence-corrected chi connectivity index (χ2v) is 9.24. The summed E-state index contributed by atoms with van der Waals surface area (Å²) in [4.78, 5) is 6.61. The SMILES string of the molecule is COc1ccc2nccc([C@@H](F)CC[C@@H]3CCN(CC#Cc4ccccc4Cl)C[C@@H]3CO)c2c1. The van der Waals surface area contributed by atoms with Gasteiger partial charge < -0.3 is 9.84 Å². The lowest BCUT2D eigenvalue weighted by Crippen LogP contribution is -2.42. The Balaban J connectivity index is 1.34. The maximum absolute atomic E-state index is 15.4. The third-order valence-electron chi connectivity index (χ3n) is 6.72. The van der Waals surface area contributed by atoms with Crippen LogP contribution in [0.5, 0.6) is 5.75 Å². The Kier molecular flexibility index (Phi) is 8.39. The number of hydrogen-bond donors (Lipinski definition) is 1. The molecule has 0 saturated carbocycles. The van der Waals surface area contributed by atoms with Crippen LogP contribution in [-0.4, -0.2) is 48.3 Å². The van der Waals surface area contributed by atoms with Crippen molar-refractivity contribution in [2.45, 2.75) is 25.4 Å². The summed E-state index contributed by atoms with van der Waals surface area (Å²) in [5.41, 5.74) is 2.24. The van der Waals surface area contributed by atoms with Crippen molar-refractivity contribution in [1.29, 1.82) is 0 Å². The molecule has 6 heteroatoms. The van der Waals surface area contributed by atoms with Crippen molar-refractivity contribution in [3.05, 3.63) is 70.9 Å². The fourth-order valence-electron chi connectivity index (χ4n) is 4.76. The lowest BCUT2D eigenvalue weighted by atomic mass is 9.81. The number of piperidine rings is 1. The number of likely N-dealkylation sites (tertiary alicyclic amines) is 1. The minimum absolute atomic E-state index is 0.103. The second kappa shape index (κ2) is 11.7. The van der Waals surface area contributed by atoms with E-state index >= 15 is 4.39 Å². The number of rotatable bonds is 7. The first-order chi connectivity index (χ1) is 16.6. The van der Waals surface area contributed by atoms with Crippen molar-refractivity contribution < 1.29 is 14.2 Å². The summed E-state index contributed by atoms with van der Waals surface area (Å²) in [6.07, 6.45) is 2.66. The van der Waals surface area contributed by atoms with Crippen LogP contribution in [-0.2, 0) is 0 Å². The number of benzene rings is 2. The van der Waals surface area contributed by atoms with E-state index < -0.39 is 6.17 Å². The molecule has 0 spiro atoms. The van der Waals surface area contributed by atoms with Crippen LogP contribution in [0.1, 0.15) is 36.6 Å². The van der Waals surface area contributed by atoms with Crippen LogP contribution in [0, 0.1) is 23.7 Å². The van der Waals surface area contributed by atoms with E-state index in [0.717, 1.165) is 42.4 Å². The number of methoxy groups -OCH3 is 1. The molecule has 178 valence electrons. The molecule has 0 bridgehead atoms. The normalized spacial score (nSPS) is 19.4. The standard InChI is InChI=1S/C28H30ClFN2O2/c1-34-23-9-11-28-25(17-23)24(12-14-31-28)27(30)10-8-20-13-16-32(18-22(20)19-33)15-4-6-21-5-2-3-7-26(21)29/h2-3,5,7,9,11-12,14,17,20,22,27,33H,8,10,13,15-16,18-19H2,1H3/t20-,22-,27+/m1/s1. The quantitative estimate of drug-likeness (QED) is 0.442. The molecule has 1 aromatic heterocycles. The summed E-state index contributed by atoms with van der Waals surface area (Å²) in [6.45, 7) is 2.39. The van der Waals surface area contributed by atoms with E-state index in [1.807, 2.05) is 42.5 Å². The Morgan fingerprint density at radius 3 is 2.88 bits per heavy atom. The number of aliphatic hydroxyl groups is 1. The smallest absolute Gasteiger partial charge is 0.126 e. The number of hydrogen-bond acceptors (Lipinski definition) is 4. The molecule has 3 atom stereocenters. The van der Waals surface area contributed by atoms with Gasteiger partial charge in [0.15, 0.2) is 0 Å². The zero-order valence-electron chi connectivity index (χ0n) is 19.4. The van der Waals surface area contributed by atoms with E-state index in [2.05, 4.69) is 21.7 Å². The van der Waals surface area contributed by atoms with Gasteiger partial charge in [-0.1, -0.05) is 35.6 Å². The molecule has 3 aromatic rings. The van der Waals surface area contributed by atoms with Crippen LogP contribution in [0.3, 0.4) is 0 Å². The maximum atomic E-state index is 15.4. The van der Waals surface area contributed by atoms with Gasteiger partial charge in [0.05, 0.1) is 24.2 Å². The van der Waals surface area contributed by atoms with Crippen LogP contribution in [0.4, 0.5) is 4.39 Å². The number of fused-ring (bicyclic) bond motifs is 1. The van der Waals surface area contributed by atoms with E-state index in [1.165, 1.54) is 0 Å². The Morgan fingerprint density at radius 2 is 2.09 bits per heavy atom. The number of nitrogens with zero attached hydrogens (tertiary/aromatic N) is 2. The van der Waals surface area contributed by atoms with Gasteiger partial charge in [-0.2, -0.15) is 0 Å². The molecule has 34 heavy (non-hydrogen) atoms. The van der Waals surface area contributed by atoms with E-state index in [-0.39, 0.29) is 12.5 Å². The lowest BCUT2D eigenvalue weighted by Gasteiger charge is -2.37. The van der Waals surface area contributed by atoms with Crippen LogP contribution in [0.25, 0.3) is 10.9 Å². The van der Waals surface area contributed by atoms with E-state index in [0.29, 0.717) is 35.2 Å². The van der Waals surface area contributed by atoms with Gasteiger partial charge in [-0.3, -0.25) is 9.88 Å². The average Bonchev–Trinajstić information content (AvgIpc) is 2.88. The zero-order chi connectivity index (χ0) is 23.9. The average molecular weight is 481 g/mol. The van der Waals surface area contributed by atoms with Crippen molar-refractivity contribution in [3.8, 4) is 17.6 Å². The van der Waals surface area contributed by atoms with Gasteiger partial charge in [0.1, 0.15) is 11.9 Å². The first-order valence-electron chi connectivity index (χ1n) is 11.7. The van der Waals surface area contributed by atoms with Crippen LogP contribution in [0.15, 0.2) is 54.7 Å². The molecule has 1 saturated heterocycles. The van der Waals surface area contributed by atoms with Crippen LogP contribution in [0.2, 0.25) is 5.02 Å². The molecule has 0 amide bonds. The number of aliphatic hydroxyl groups excluding tert-OH is 1. The van der Waals surface area contributed by atoms with Gasteiger partial charge in [0, 0.05) is 30.3 Å². The molecular weight excluding hydrogens is 451 g/mol. The molecule has 1 N–H and O–H groups in total. The third-order valence-corrected chi connectivity index (χ3v) is 7.05.